The number of likely N-dealkylation sites (N-methyl/N-ethyl adjacent to an activating group) is 3. The van der Waals surface area contributed by atoms with Crippen molar-refractivity contribution in [1.82, 2.24) is 39.2 Å². The highest BCUT2D eigenvalue weighted by Gasteiger charge is 2.23. The van der Waals surface area contributed by atoms with Gasteiger partial charge < -0.3 is 34.3 Å². The van der Waals surface area contributed by atoms with Gasteiger partial charge in [0.05, 0.1) is 0 Å². The molecule has 0 spiro atoms. The molecule has 424 valence electrons. The number of likely N-dealkylation sites (tertiary alicyclic amines) is 4. The molecule has 8 unspecified atom stereocenters. The van der Waals surface area contributed by atoms with Crippen molar-refractivity contribution in [2.45, 2.75) is 162 Å². The molecule has 8 nitrogen and oxygen atoms in total. The van der Waals surface area contributed by atoms with Crippen molar-refractivity contribution in [3.63, 3.8) is 0 Å². The molecule has 0 radical (unpaired) electrons. The van der Waals surface area contributed by atoms with Gasteiger partial charge >= 0.3 is 0 Å². The maximum absolute atomic E-state index is 2.44. The summed E-state index contributed by atoms with van der Waals surface area (Å²) in [5.41, 5.74) is 12.6. The molecule has 0 aromatic rings. The molecule has 8 heteroatoms. The van der Waals surface area contributed by atoms with Crippen molar-refractivity contribution in [2.75, 3.05) is 161 Å². The summed E-state index contributed by atoms with van der Waals surface area (Å²) in [5.74, 6) is 7.41. The van der Waals surface area contributed by atoms with E-state index in [-0.39, 0.29) is 0 Å². The lowest BCUT2D eigenvalue weighted by Gasteiger charge is -2.32. The zero-order valence-corrected chi connectivity index (χ0v) is 53.2. The minimum atomic E-state index is 0.906. The molecule has 8 rings (SSSR count). The van der Waals surface area contributed by atoms with Crippen LogP contribution in [0.2, 0.25) is 0 Å². The monoisotopic (exact) mass is 1010 g/mol. The lowest BCUT2D eigenvalue weighted by Crippen LogP contribution is -2.35. The van der Waals surface area contributed by atoms with E-state index in [2.05, 4.69) is 206 Å². The van der Waals surface area contributed by atoms with E-state index in [0.29, 0.717) is 0 Å². The van der Waals surface area contributed by atoms with E-state index in [1.807, 2.05) is 0 Å². The number of piperidine rings is 2. The van der Waals surface area contributed by atoms with Crippen LogP contribution in [-0.2, 0) is 0 Å². The summed E-state index contributed by atoms with van der Waals surface area (Å²) in [6.07, 6.45) is 10.6. The molecule has 8 atom stereocenters. The molecule has 8 aliphatic rings. The van der Waals surface area contributed by atoms with E-state index in [1.54, 1.807) is 44.6 Å². The van der Waals surface area contributed by atoms with Gasteiger partial charge in [-0.05, 0) is 237 Å². The third-order valence-corrected chi connectivity index (χ3v) is 18.6. The van der Waals surface area contributed by atoms with Crippen LogP contribution in [0.15, 0.2) is 44.6 Å². The fourth-order valence-corrected chi connectivity index (χ4v) is 10.7. The van der Waals surface area contributed by atoms with Crippen molar-refractivity contribution in [3.05, 3.63) is 44.6 Å². The second kappa shape index (κ2) is 36.6. The first-order chi connectivity index (χ1) is 33.6. The summed E-state index contributed by atoms with van der Waals surface area (Å²) in [6.45, 7) is 56.7. The van der Waals surface area contributed by atoms with Crippen molar-refractivity contribution in [2.24, 2.45) is 47.3 Å². The quantitative estimate of drug-likeness (QED) is 0.222. The summed E-state index contributed by atoms with van der Waals surface area (Å²) in [7, 11) is 17.5. The van der Waals surface area contributed by atoms with Crippen molar-refractivity contribution in [3.8, 4) is 0 Å². The first kappa shape index (κ1) is 68.7. The Hall–Kier alpha value is -1.36. The van der Waals surface area contributed by atoms with Crippen molar-refractivity contribution < 1.29 is 0 Å². The van der Waals surface area contributed by atoms with Crippen molar-refractivity contribution >= 4 is 0 Å². The Morgan fingerprint density at radius 3 is 0.667 bits per heavy atom. The highest BCUT2D eigenvalue weighted by Crippen LogP contribution is 2.24. The summed E-state index contributed by atoms with van der Waals surface area (Å²) >= 11 is 0. The zero-order chi connectivity index (χ0) is 54.8. The van der Waals surface area contributed by atoms with Gasteiger partial charge in [0, 0.05) is 78.5 Å². The molecule has 4 fully saturated rings. The van der Waals surface area contributed by atoms with Crippen LogP contribution in [0.4, 0.5) is 0 Å². The van der Waals surface area contributed by atoms with Gasteiger partial charge in [-0.15, -0.1) is 0 Å². The molecule has 8 heterocycles. The molecule has 0 bridgehead atoms. The van der Waals surface area contributed by atoms with Gasteiger partial charge in [0.2, 0.25) is 0 Å². The molecule has 0 aliphatic carbocycles. The Labute approximate surface area is 452 Å². The number of hydrogen-bond donors (Lipinski definition) is 0. The van der Waals surface area contributed by atoms with E-state index in [0.717, 1.165) is 47.3 Å². The average molecular weight is 1010 g/mol. The second-order valence-electron chi connectivity index (χ2n) is 26.2. The predicted molar refractivity (Wildman–Crippen MR) is 324 cm³/mol. The Balaban J connectivity index is 0.000000412. The van der Waals surface area contributed by atoms with Crippen LogP contribution in [-0.4, -0.2) is 200 Å². The van der Waals surface area contributed by atoms with E-state index >= 15 is 0 Å². The molecular weight excluding hydrogens is 881 g/mol. The van der Waals surface area contributed by atoms with E-state index < -0.39 is 0 Å². The first-order valence-corrected chi connectivity index (χ1v) is 29.7. The largest absolute Gasteiger partial charge is 0.306 e. The van der Waals surface area contributed by atoms with Gasteiger partial charge in [0.15, 0.2) is 0 Å². The molecule has 72 heavy (non-hydrogen) atoms. The van der Waals surface area contributed by atoms with Gasteiger partial charge in [-0.1, -0.05) is 100.0 Å². The number of rotatable bonds is 0. The van der Waals surface area contributed by atoms with E-state index in [9.17, 15) is 0 Å². The van der Waals surface area contributed by atoms with Crippen LogP contribution in [0.1, 0.15) is 162 Å². The fourth-order valence-electron chi connectivity index (χ4n) is 10.7. The zero-order valence-electron chi connectivity index (χ0n) is 53.2. The van der Waals surface area contributed by atoms with E-state index in [1.165, 1.54) is 156 Å². The summed E-state index contributed by atoms with van der Waals surface area (Å²) in [5, 5.41) is 0. The van der Waals surface area contributed by atoms with Gasteiger partial charge in [-0.3, -0.25) is 4.90 Å². The highest BCUT2D eigenvalue weighted by atomic mass is 15.1. The van der Waals surface area contributed by atoms with Gasteiger partial charge in [-0.25, -0.2) is 0 Å². The van der Waals surface area contributed by atoms with Crippen molar-refractivity contribution in [1.29, 1.82) is 0 Å². The van der Waals surface area contributed by atoms with Crippen LogP contribution < -0.4 is 0 Å². The molecule has 0 saturated carbocycles. The van der Waals surface area contributed by atoms with Gasteiger partial charge in [0.25, 0.3) is 0 Å². The number of hydrogen-bond acceptors (Lipinski definition) is 8. The maximum atomic E-state index is 2.44. The Kier molecular flexibility index (Phi) is 34.9. The first-order valence-electron chi connectivity index (χ1n) is 29.7. The maximum Gasteiger partial charge on any atom is 0.0193 e. The molecule has 0 N–H and O–H groups in total. The van der Waals surface area contributed by atoms with Gasteiger partial charge in [-0.2, -0.15) is 0 Å². The Bertz CT molecular complexity index is 1490. The Morgan fingerprint density at radius 1 is 0.222 bits per heavy atom. The van der Waals surface area contributed by atoms with Crippen LogP contribution in [0.5, 0.6) is 0 Å². The predicted octanol–water partition coefficient (Wildman–Crippen LogP) is 13.0. The normalized spacial score (nSPS) is 31.0. The lowest BCUT2D eigenvalue weighted by molar-refractivity contribution is 0.166. The fraction of sp³-hybridized carbons (Fsp3) is 0.875. The topological polar surface area (TPSA) is 25.9 Å². The minimum absolute atomic E-state index is 0.906. The molecule has 8 aliphatic heterocycles. The van der Waals surface area contributed by atoms with Crippen LogP contribution in [0.25, 0.3) is 0 Å². The molecule has 4 saturated heterocycles. The van der Waals surface area contributed by atoms with E-state index in [4.69, 9.17) is 0 Å². The summed E-state index contributed by atoms with van der Waals surface area (Å²) < 4.78 is 0. The third kappa shape index (κ3) is 29.8. The van der Waals surface area contributed by atoms with Crippen LogP contribution >= 0.6 is 0 Å². The number of nitrogens with zero attached hydrogens (tertiary/aromatic N) is 8. The molecule has 0 amide bonds. The molecule has 0 aromatic carbocycles. The second-order valence-corrected chi connectivity index (χ2v) is 26.2. The summed E-state index contributed by atoms with van der Waals surface area (Å²) in [6, 6.07) is 0. The molecule has 0 aromatic heterocycles. The third-order valence-electron chi connectivity index (χ3n) is 18.6. The summed E-state index contributed by atoms with van der Waals surface area (Å²) in [4.78, 5) is 19.1. The SMILES string of the molecule is CC1=C(C)CCN(C)CC1.CC1=C(C)CN(C)C1.CC1=C(C)CN(C)CC1.CC1=C(C)CN(C)CC1.CC1CCN(C)CC1C.CC1CCN(C)CC1C.CC1CCN(C)CCC1C.CC1CN(C)CC1C. The van der Waals surface area contributed by atoms with Crippen LogP contribution in [0.3, 0.4) is 0 Å². The Morgan fingerprint density at radius 2 is 0.431 bits per heavy atom. The van der Waals surface area contributed by atoms with Crippen LogP contribution in [0, 0.1) is 47.3 Å². The smallest absolute Gasteiger partial charge is 0.0193 e. The minimum Gasteiger partial charge on any atom is -0.306 e. The average Bonchev–Trinajstić information content (AvgIpc) is 3.67. The highest BCUT2D eigenvalue weighted by molar-refractivity contribution is 5.18. The van der Waals surface area contributed by atoms with Gasteiger partial charge in [0.1, 0.15) is 0 Å². The lowest BCUT2D eigenvalue weighted by atomic mass is 9.89. The standard InChI is InChI=1S/C9H19N.C9H17N.2C8H17N.2C8H15N.C7H15N.C7H13N/c2*1-8-4-6-10(3)7-5-9(8)2;4*1-7-4-5-9(3)6-8(7)2;2*1-6-4-8(3)5-7(6)2/h8-9H,4-7H2,1-3H3;4-7H2,1-3H3;2*7-8H,4-6H2,1-3H3;2*4-6H2,1-3H3;6-7H,4-5H2,1-3H3;4-5H2,1-3H3. The molecular formula is C64H128N8.